The predicted molar refractivity (Wildman–Crippen MR) is 89.4 cm³/mol. The van der Waals surface area contributed by atoms with Crippen molar-refractivity contribution in [3.63, 3.8) is 0 Å². The summed E-state index contributed by atoms with van der Waals surface area (Å²) < 4.78 is 88.8. The van der Waals surface area contributed by atoms with E-state index in [2.05, 4.69) is 4.98 Å². The SMILES string of the molecule is Cc1oc(-c2ccco2)nc1CC(=O)NS(=O)(=O)c1ccc(F)cc1C(F)(F)F. The van der Waals surface area contributed by atoms with E-state index in [9.17, 15) is 30.8 Å². The first-order chi connectivity index (χ1) is 13.5. The van der Waals surface area contributed by atoms with Crippen molar-refractivity contribution in [2.24, 2.45) is 0 Å². The summed E-state index contributed by atoms with van der Waals surface area (Å²) >= 11 is 0. The maximum Gasteiger partial charge on any atom is 0.417 e. The highest BCUT2D eigenvalue weighted by Crippen LogP contribution is 2.34. The second-order valence-electron chi connectivity index (χ2n) is 5.84. The van der Waals surface area contributed by atoms with Gasteiger partial charge in [0.15, 0.2) is 5.76 Å². The van der Waals surface area contributed by atoms with E-state index in [1.807, 2.05) is 0 Å². The van der Waals surface area contributed by atoms with Crippen molar-refractivity contribution in [2.75, 3.05) is 0 Å². The molecule has 0 unspecified atom stereocenters. The molecule has 0 atom stereocenters. The van der Waals surface area contributed by atoms with Gasteiger partial charge in [-0.2, -0.15) is 13.2 Å². The summed E-state index contributed by atoms with van der Waals surface area (Å²) in [6.45, 7) is 1.47. The zero-order valence-electron chi connectivity index (χ0n) is 14.6. The quantitative estimate of drug-likeness (QED) is 0.620. The lowest BCUT2D eigenvalue weighted by Gasteiger charge is -2.13. The molecular weight excluding hydrogens is 420 g/mol. The average molecular weight is 432 g/mol. The van der Waals surface area contributed by atoms with E-state index in [0.717, 1.165) is 0 Å². The van der Waals surface area contributed by atoms with E-state index in [1.54, 1.807) is 12.1 Å². The summed E-state index contributed by atoms with van der Waals surface area (Å²) in [5.74, 6) is -1.90. The third-order valence-corrected chi connectivity index (χ3v) is 5.17. The fraction of sp³-hybridized carbons (Fsp3) is 0.176. The Kier molecular flexibility index (Phi) is 5.22. The average Bonchev–Trinajstić information content (AvgIpc) is 3.23. The molecule has 0 saturated heterocycles. The Balaban J connectivity index is 1.83. The van der Waals surface area contributed by atoms with Gasteiger partial charge < -0.3 is 8.83 Å². The number of carbonyl (C=O) groups is 1. The minimum atomic E-state index is -5.14. The normalized spacial score (nSPS) is 12.2. The Morgan fingerprint density at radius 1 is 1.24 bits per heavy atom. The monoisotopic (exact) mass is 432 g/mol. The molecule has 154 valence electrons. The molecule has 7 nitrogen and oxygen atoms in total. The molecule has 0 aliphatic rings. The first-order valence-corrected chi connectivity index (χ1v) is 9.38. The van der Waals surface area contributed by atoms with Crippen LogP contribution in [0.1, 0.15) is 17.0 Å². The maximum atomic E-state index is 13.2. The van der Waals surface area contributed by atoms with Crippen molar-refractivity contribution in [1.29, 1.82) is 0 Å². The van der Waals surface area contributed by atoms with Crippen LogP contribution in [0.3, 0.4) is 0 Å². The van der Waals surface area contributed by atoms with Gasteiger partial charge in [-0.1, -0.05) is 0 Å². The van der Waals surface area contributed by atoms with Gasteiger partial charge in [-0.25, -0.2) is 22.5 Å². The fourth-order valence-electron chi connectivity index (χ4n) is 2.45. The number of nitrogens with one attached hydrogen (secondary N) is 1. The number of hydrogen-bond acceptors (Lipinski definition) is 6. The van der Waals surface area contributed by atoms with Crippen molar-refractivity contribution < 1.29 is 39.6 Å². The minimum Gasteiger partial charge on any atom is -0.459 e. The molecule has 12 heteroatoms. The Bertz CT molecular complexity index is 1150. The minimum absolute atomic E-state index is 0.0382. The van der Waals surface area contributed by atoms with Crippen LogP contribution in [0.4, 0.5) is 17.6 Å². The van der Waals surface area contributed by atoms with E-state index in [-0.39, 0.29) is 29.2 Å². The number of oxazole rings is 1. The maximum absolute atomic E-state index is 13.2. The van der Waals surface area contributed by atoms with Gasteiger partial charge in [0.05, 0.1) is 28.8 Å². The number of amides is 1. The van der Waals surface area contributed by atoms with E-state index in [4.69, 9.17) is 8.83 Å². The topological polar surface area (TPSA) is 102 Å². The number of alkyl halides is 3. The number of benzene rings is 1. The van der Waals surface area contributed by atoms with Crippen LogP contribution in [0, 0.1) is 12.7 Å². The zero-order chi connectivity index (χ0) is 21.4. The standard InChI is InChI=1S/C17H12F4N2O5S/c1-9-12(22-16(28-9)13-3-2-6-27-13)8-15(24)23-29(25,26)14-5-4-10(18)7-11(14)17(19,20)21/h2-7H,8H2,1H3,(H,23,24). The highest BCUT2D eigenvalue weighted by atomic mass is 32.2. The lowest BCUT2D eigenvalue weighted by Crippen LogP contribution is -2.33. The lowest BCUT2D eigenvalue weighted by atomic mass is 10.2. The molecule has 29 heavy (non-hydrogen) atoms. The van der Waals surface area contributed by atoms with Crippen LogP contribution in [0.25, 0.3) is 11.7 Å². The number of carbonyl (C=O) groups excluding carboxylic acids is 1. The van der Waals surface area contributed by atoms with Crippen molar-refractivity contribution in [3.8, 4) is 11.7 Å². The van der Waals surface area contributed by atoms with Gasteiger partial charge >= 0.3 is 6.18 Å². The molecule has 0 aliphatic carbocycles. The second kappa shape index (κ2) is 7.35. The Morgan fingerprint density at radius 2 is 1.97 bits per heavy atom. The van der Waals surface area contributed by atoms with Crippen LogP contribution in [0.2, 0.25) is 0 Å². The third kappa shape index (κ3) is 4.47. The van der Waals surface area contributed by atoms with E-state index >= 15 is 0 Å². The van der Waals surface area contributed by atoms with Gasteiger partial charge in [0.25, 0.3) is 15.9 Å². The number of rotatable bonds is 5. The molecule has 1 amide bonds. The summed E-state index contributed by atoms with van der Waals surface area (Å²) in [6.07, 6.45) is -4.36. The van der Waals surface area contributed by atoms with Gasteiger partial charge in [0, 0.05) is 0 Å². The zero-order valence-corrected chi connectivity index (χ0v) is 15.4. The van der Waals surface area contributed by atoms with E-state index in [1.165, 1.54) is 17.9 Å². The van der Waals surface area contributed by atoms with E-state index in [0.29, 0.717) is 12.1 Å². The summed E-state index contributed by atoms with van der Waals surface area (Å²) in [4.78, 5) is 14.9. The van der Waals surface area contributed by atoms with Crippen LogP contribution in [-0.4, -0.2) is 19.3 Å². The predicted octanol–water partition coefficient (Wildman–Crippen LogP) is 3.45. The molecule has 1 N–H and O–H groups in total. The van der Waals surface area contributed by atoms with Crippen LogP contribution in [0.15, 0.2) is 50.3 Å². The Hall–Kier alpha value is -3.15. The van der Waals surface area contributed by atoms with Crippen molar-refractivity contribution in [3.05, 3.63) is 59.4 Å². The number of halogens is 4. The lowest BCUT2D eigenvalue weighted by molar-refractivity contribution is -0.140. The van der Waals surface area contributed by atoms with Crippen LogP contribution >= 0.6 is 0 Å². The van der Waals surface area contributed by atoms with Crippen LogP contribution in [0.5, 0.6) is 0 Å². The van der Waals surface area contributed by atoms with Gasteiger partial charge in [0.2, 0.25) is 5.91 Å². The summed E-state index contributed by atoms with van der Waals surface area (Å²) in [5.41, 5.74) is -1.66. The number of hydrogen-bond donors (Lipinski definition) is 1. The van der Waals surface area contributed by atoms with Gasteiger partial charge in [-0.3, -0.25) is 4.79 Å². The van der Waals surface area contributed by atoms with Crippen molar-refractivity contribution in [2.45, 2.75) is 24.4 Å². The fourth-order valence-corrected chi connectivity index (χ4v) is 3.64. The van der Waals surface area contributed by atoms with Crippen LogP contribution < -0.4 is 4.72 Å². The molecule has 0 aliphatic heterocycles. The molecular formula is C17H12F4N2O5S. The molecule has 2 heterocycles. The summed E-state index contributed by atoms with van der Waals surface area (Å²) in [7, 11) is -4.92. The molecule has 3 aromatic rings. The molecule has 0 spiro atoms. The highest BCUT2D eigenvalue weighted by molar-refractivity contribution is 7.90. The number of furan rings is 1. The van der Waals surface area contributed by atoms with Gasteiger partial charge in [-0.05, 0) is 37.3 Å². The van der Waals surface area contributed by atoms with E-state index < -0.39 is 44.8 Å². The molecule has 1 aromatic carbocycles. The first kappa shape index (κ1) is 20.6. The molecule has 0 bridgehead atoms. The number of aryl methyl sites for hydroxylation is 1. The molecule has 2 aromatic heterocycles. The Labute approximate surface area is 161 Å². The van der Waals surface area contributed by atoms with Gasteiger partial charge in [-0.15, -0.1) is 0 Å². The smallest absolute Gasteiger partial charge is 0.417 e. The molecule has 0 fully saturated rings. The summed E-state index contributed by atoms with van der Waals surface area (Å²) in [5, 5.41) is 0. The third-order valence-electron chi connectivity index (χ3n) is 3.74. The number of nitrogens with zero attached hydrogens (tertiary/aromatic N) is 1. The van der Waals surface area contributed by atoms with Crippen LogP contribution in [-0.2, 0) is 27.4 Å². The van der Waals surface area contributed by atoms with Gasteiger partial charge in [0.1, 0.15) is 11.6 Å². The number of sulfonamides is 1. The summed E-state index contributed by atoms with van der Waals surface area (Å²) in [6, 6.07) is 4.15. The van der Waals surface area contributed by atoms with Crippen molar-refractivity contribution in [1.82, 2.24) is 9.71 Å². The molecule has 0 saturated carbocycles. The molecule has 0 radical (unpaired) electrons. The largest absolute Gasteiger partial charge is 0.459 e. The second-order valence-corrected chi connectivity index (χ2v) is 7.49. The Morgan fingerprint density at radius 3 is 2.59 bits per heavy atom. The van der Waals surface area contributed by atoms with Crippen molar-refractivity contribution >= 4 is 15.9 Å². The highest BCUT2D eigenvalue weighted by Gasteiger charge is 2.38. The first-order valence-electron chi connectivity index (χ1n) is 7.90. The number of aromatic nitrogens is 1. The molecule has 3 rings (SSSR count).